The second-order valence-electron chi connectivity index (χ2n) is 5.51. The van der Waals surface area contributed by atoms with Gasteiger partial charge in [-0.1, -0.05) is 26.0 Å². The van der Waals surface area contributed by atoms with Crippen molar-refractivity contribution < 1.29 is 0 Å². The van der Waals surface area contributed by atoms with Crippen LogP contribution in [0, 0.1) is 13.8 Å². The molecule has 18 heavy (non-hydrogen) atoms. The molecule has 0 saturated carbocycles. The van der Waals surface area contributed by atoms with Crippen LogP contribution in [0.3, 0.4) is 0 Å². The van der Waals surface area contributed by atoms with E-state index in [0.29, 0.717) is 6.54 Å². The van der Waals surface area contributed by atoms with Gasteiger partial charge in [0.05, 0.1) is 11.4 Å². The molecular formula is C15H21N3. The van der Waals surface area contributed by atoms with Crippen molar-refractivity contribution >= 4 is 0 Å². The highest BCUT2D eigenvalue weighted by Crippen LogP contribution is 2.23. The Labute approximate surface area is 109 Å². The fourth-order valence-corrected chi connectivity index (χ4v) is 1.93. The summed E-state index contributed by atoms with van der Waals surface area (Å²) in [5, 5.41) is 4.70. The Morgan fingerprint density at radius 3 is 2.56 bits per heavy atom. The first-order chi connectivity index (χ1) is 8.44. The Morgan fingerprint density at radius 1 is 1.22 bits per heavy atom. The Balaban J connectivity index is 2.48. The van der Waals surface area contributed by atoms with Crippen molar-refractivity contribution in [2.45, 2.75) is 33.1 Å². The van der Waals surface area contributed by atoms with Crippen LogP contribution in [-0.4, -0.2) is 16.3 Å². The van der Waals surface area contributed by atoms with E-state index in [9.17, 15) is 0 Å². The molecule has 1 aromatic heterocycles. The summed E-state index contributed by atoms with van der Waals surface area (Å²) in [5.41, 5.74) is 10.3. The number of aryl methyl sites for hydroxylation is 2. The van der Waals surface area contributed by atoms with Gasteiger partial charge >= 0.3 is 0 Å². The van der Waals surface area contributed by atoms with Crippen molar-refractivity contribution in [3.05, 3.63) is 47.3 Å². The van der Waals surface area contributed by atoms with Gasteiger partial charge in [-0.05, 0) is 37.6 Å². The summed E-state index contributed by atoms with van der Waals surface area (Å²) < 4.78 is 1.99. The number of aromatic nitrogens is 2. The molecular weight excluding hydrogens is 222 g/mol. The minimum absolute atomic E-state index is 0.0835. The number of hydrogen-bond donors (Lipinski definition) is 1. The van der Waals surface area contributed by atoms with Gasteiger partial charge in [-0.2, -0.15) is 5.10 Å². The highest BCUT2D eigenvalue weighted by Gasteiger charge is 2.22. The molecule has 0 bridgehead atoms. The predicted octanol–water partition coefficient (Wildman–Crippen LogP) is 2.73. The van der Waals surface area contributed by atoms with E-state index in [2.05, 4.69) is 58.0 Å². The summed E-state index contributed by atoms with van der Waals surface area (Å²) in [4.78, 5) is 0. The average Bonchev–Trinajstić information content (AvgIpc) is 2.72. The van der Waals surface area contributed by atoms with Crippen LogP contribution < -0.4 is 5.73 Å². The predicted molar refractivity (Wildman–Crippen MR) is 75.1 cm³/mol. The van der Waals surface area contributed by atoms with Gasteiger partial charge in [-0.15, -0.1) is 0 Å². The molecule has 0 aliphatic carbocycles. The first-order valence-electron chi connectivity index (χ1n) is 6.28. The van der Waals surface area contributed by atoms with Gasteiger partial charge < -0.3 is 5.73 Å². The molecule has 0 unspecified atom stereocenters. The smallest absolute Gasteiger partial charge is 0.0700 e. The maximum atomic E-state index is 5.81. The highest BCUT2D eigenvalue weighted by atomic mass is 15.3. The molecule has 3 nitrogen and oxygen atoms in total. The average molecular weight is 243 g/mol. The first-order valence-corrected chi connectivity index (χ1v) is 6.28. The van der Waals surface area contributed by atoms with E-state index in [-0.39, 0.29) is 5.41 Å². The second-order valence-corrected chi connectivity index (χ2v) is 5.51. The molecule has 0 radical (unpaired) electrons. The quantitative estimate of drug-likeness (QED) is 0.900. The Bertz CT molecular complexity index is 553. The van der Waals surface area contributed by atoms with Crippen molar-refractivity contribution in [3.8, 4) is 5.69 Å². The maximum Gasteiger partial charge on any atom is 0.0700 e. The van der Waals surface area contributed by atoms with Gasteiger partial charge in [0.15, 0.2) is 0 Å². The zero-order chi connectivity index (χ0) is 13.3. The minimum atomic E-state index is -0.0835. The van der Waals surface area contributed by atoms with E-state index >= 15 is 0 Å². The number of rotatable bonds is 3. The van der Waals surface area contributed by atoms with E-state index in [0.717, 1.165) is 17.1 Å². The largest absolute Gasteiger partial charge is 0.330 e. The molecule has 96 valence electrons. The van der Waals surface area contributed by atoms with Crippen molar-refractivity contribution in [1.82, 2.24) is 9.78 Å². The minimum Gasteiger partial charge on any atom is -0.330 e. The van der Waals surface area contributed by atoms with Gasteiger partial charge in [-0.25, -0.2) is 4.68 Å². The second kappa shape index (κ2) is 4.58. The third-order valence-electron chi connectivity index (χ3n) is 3.34. The fourth-order valence-electron chi connectivity index (χ4n) is 1.93. The SMILES string of the molecule is Cc1cccc(-n2nc(C(C)(C)CN)cc2C)c1. The molecule has 0 amide bonds. The summed E-state index contributed by atoms with van der Waals surface area (Å²) in [7, 11) is 0. The number of hydrogen-bond acceptors (Lipinski definition) is 2. The molecule has 2 aromatic rings. The van der Waals surface area contributed by atoms with Crippen LogP contribution >= 0.6 is 0 Å². The molecule has 2 N–H and O–H groups in total. The normalized spacial score (nSPS) is 11.8. The summed E-state index contributed by atoms with van der Waals surface area (Å²) in [6.07, 6.45) is 0. The van der Waals surface area contributed by atoms with Crippen molar-refractivity contribution in [3.63, 3.8) is 0 Å². The van der Waals surface area contributed by atoms with Crippen LogP contribution in [-0.2, 0) is 5.41 Å². The monoisotopic (exact) mass is 243 g/mol. The molecule has 0 aliphatic heterocycles. The lowest BCUT2D eigenvalue weighted by atomic mass is 9.90. The van der Waals surface area contributed by atoms with Crippen LogP contribution in [0.5, 0.6) is 0 Å². The van der Waals surface area contributed by atoms with E-state index in [4.69, 9.17) is 10.8 Å². The van der Waals surface area contributed by atoms with Gasteiger partial charge in [0.1, 0.15) is 0 Å². The first kappa shape index (κ1) is 12.8. The van der Waals surface area contributed by atoms with Crippen LogP contribution in [0.15, 0.2) is 30.3 Å². The van der Waals surface area contributed by atoms with Gasteiger partial charge in [0.2, 0.25) is 0 Å². The van der Waals surface area contributed by atoms with Crippen molar-refractivity contribution in [1.29, 1.82) is 0 Å². The summed E-state index contributed by atoms with van der Waals surface area (Å²) in [6.45, 7) is 9.00. The van der Waals surface area contributed by atoms with Gasteiger partial charge in [-0.3, -0.25) is 0 Å². The van der Waals surface area contributed by atoms with Crippen molar-refractivity contribution in [2.75, 3.05) is 6.54 Å². The van der Waals surface area contributed by atoms with E-state index in [1.54, 1.807) is 0 Å². The fraction of sp³-hybridized carbons (Fsp3) is 0.400. The van der Waals surface area contributed by atoms with Gasteiger partial charge in [0, 0.05) is 17.7 Å². The molecule has 0 spiro atoms. The van der Waals surface area contributed by atoms with Crippen LogP contribution in [0.25, 0.3) is 5.69 Å². The molecule has 3 heteroatoms. The lowest BCUT2D eigenvalue weighted by Crippen LogP contribution is -2.28. The molecule has 1 heterocycles. The lowest BCUT2D eigenvalue weighted by Gasteiger charge is -2.19. The molecule has 0 saturated heterocycles. The van der Waals surface area contributed by atoms with E-state index in [1.165, 1.54) is 5.56 Å². The molecule has 1 aromatic carbocycles. The Morgan fingerprint density at radius 2 is 1.94 bits per heavy atom. The van der Waals surface area contributed by atoms with Crippen LogP contribution in [0.1, 0.15) is 30.8 Å². The summed E-state index contributed by atoms with van der Waals surface area (Å²) in [5.74, 6) is 0. The highest BCUT2D eigenvalue weighted by molar-refractivity contribution is 5.37. The maximum absolute atomic E-state index is 5.81. The van der Waals surface area contributed by atoms with Crippen LogP contribution in [0.4, 0.5) is 0 Å². The molecule has 2 rings (SSSR count). The summed E-state index contributed by atoms with van der Waals surface area (Å²) in [6, 6.07) is 10.5. The topological polar surface area (TPSA) is 43.8 Å². The van der Waals surface area contributed by atoms with Crippen LogP contribution in [0.2, 0.25) is 0 Å². The molecule has 0 atom stereocenters. The molecule has 0 aliphatic rings. The van der Waals surface area contributed by atoms with E-state index < -0.39 is 0 Å². The number of nitrogens with zero attached hydrogens (tertiary/aromatic N) is 2. The van der Waals surface area contributed by atoms with E-state index in [1.807, 2.05) is 4.68 Å². The Hall–Kier alpha value is -1.61. The lowest BCUT2D eigenvalue weighted by molar-refractivity contribution is 0.515. The van der Waals surface area contributed by atoms with Gasteiger partial charge in [0.25, 0.3) is 0 Å². The van der Waals surface area contributed by atoms with Crippen molar-refractivity contribution in [2.24, 2.45) is 5.73 Å². The zero-order valence-corrected chi connectivity index (χ0v) is 11.6. The number of benzene rings is 1. The summed E-state index contributed by atoms with van der Waals surface area (Å²) >= 11 is 0. The third kappa shape index (κ3) is 2.31. The zero-order valence-electron chi connectivity index (χ0n) is 11.6. The Kier molecular flexibility index (Phi) is 3.26. The molecule has 0 fully saturated rings. The third-order valence-corrected chi connectivity index (χ3v) is 3.34. The number of nitrogens with two attached hydrogens (primary N) is 1. The standard InChI is InChI=1S/C15H21N3/c1-11-6-5-7-13(8-11)18-12(2)9-14(17-18)15(3,4)10-16/h5-9H,10,16H2,1-4H3.